The van der Waals surface area contributed by atoms with Crippen LogP contribution in [0.2, 0.25) is 0 Å². The molecule has 1 heterocycles. The van der Waals surface area contributed by atoms with Crippen molar-refractivity contribution in [2.75, 3.05) is 12.4 Å². The number of carbonyl (C=O) groups is 1. The fraction of sp³-hybridized carbons (Fsp3) is 0.467. The highest BCUT2D eigenvalue weighted by atomic mass is 16.1. The van der Waals surface area contributed by atoms with Crippen LogP contribution in [0.25, 0.3) is 0 Å². The molecule has 4 heteroatoms. The minimum Gasteiger partial charge on any atom is -0.326 e. The third-order valence-corrected chi connectivity index (χ3v) is 4.40. The average Bonchev–Trinajstić information content (AvgIpc) is 2.72. The predicted octanol–water partition coefficient (Wildman–Crippen LogP) is 2.14. The van der Waals surface area contributed by atoms with Crippen LogP contribution in [0.5, 0.6) is 0 Å². The highest BCUT2D eigenvalue weighted by Crippen LogP contribution is 2.50. The summed E-state index contributed by atoms with van der Waals surface area (Å²) in [7, 11) is 1.90. The first-order valence-electron chi connectivity index (χ1n) is 6.70. The molecule has 2 N–H and O–H groups in total. The van der Waals surface area contributed by atoms with Crippen LogP contribution in [-0.4, -0.2) is 13.0 Å². The van der Waals surface area contributed by atoms with Crippen LogP contribution in [0.1, 0.15) is 36.4 Å². The molecule has 0 aromatic heterocycles. The van der Waals surface area contributed by atoms with Gasteiger partial charge < -0.3 is 10.6 Å². The Hall–Kier alpha value is -1.86. The molecule has 1 saturated carbocycles. The van der Waals surface area contributed by atoms with Crippen molar-refractivity contribution < 1.29 is 4.79 Å². The van der Waals surface area contributed by atoms with Crippen molar-refractivity contribution in [3.05, 3.63) is 29.3 Å². The SMILES string of the molecule is CNC(c1ccc2c(c1)CC(=O)N2)C1(C#N)CCC1. The van der Waals surface area contributed by atoms with Crippen molar-refractivity contribution in [2.24, 2.45) is 5.41 Å². The number of nitrogens with one attached hydrogen (secondary N) is 2. The van der Waals surface area contributed by atoms with Gasteiger partial charge in [0.05, 0.1) is 23.9 Å². The van der Waals surface area contributed by atoms with Gasteiger partial charge in [-0.25, -0.2) is 0 Å². The van der Waals surface area contributed by atoms with Crippen LogP contribution in [0.3, 0.4) is 0 Å². The van der Waals surface area contributed by atoms with Crippen LogP contribution < -0.4 is 10.6 Å². The summed E-state index contributed by atoms with van der Waals surface area (Å²) in [6.07, 6.45) is 3.46. The third-order valence-electron chi connectivity index (χ3n) is 4.40. The van der Waals surface area contributed by atoms with Crippen molar-refractivity contribution >= 4 is 11.6 Å². The second-order valence-corrected chi connectivity index (χ2v) is 5.48. The monoisotopic (exact) mass is 255 g/mol. The van der Waals surface area contributed by atoms with E-state index >= 15 is 0 Å². The first-order chi connectivity index (χ1) is 9.18. The molecular formula is C15H17N3O. The number of nitrogens with zero attached hydrogens (tertiary/aromatic N) is 1. The number of nitriles is 1. The van der Waals surface area contributed by atoms with E-state index in [1.54, 1.807) is 0 Å². The first kappa shape index (κ1) is 12.2. The highest BCUT2D eigenvalue weighted by molar-refractivity contribution is 5.99. The quantitative estimate of drug-likeness (QED) is 0.869. The van der Waals surface area contributed by atoms with E-state index in [1.807, 2.05) is 19.2 Å². The van der Waals surface area contributed by atoms with Gasteiger partial charge in [0.15, 0.2) is 0 Å². The molecule has 1 amide bonds. The van der Waals surface area contributed by atoms with E-state index in [-0.39, 0.29) is 17.4 Å². The molecule has 1 aromatic carbocycles. The van der Waals surface area contributed by atoms with Gasteiger partial charge in [-0.15, -0.1) is 0 Å². The minimum absolute atomic E-state index is 0.0480. The molecule has 1 fully saturated rings. The van der Waals surface area contributed by atoms with E-state index in [2.05, 4.69) is 22.8 Å². The van der Waals surface area contributed by atoms with Gasteiger partial charge in [-0.3, -0.25) is 4.79 Å². The van der Waals surface area contributed by atoms with Gasteiger partial charge in [-0.2, -0.15) is 5.26 Å². The van der Waals surface area contributed by atoms with E-state index in [1.165, 1.54) is 0 Å². The molecule has 1 atom stereocenters. The molecule has 0 radical (unpaired) electrons. The number of hydrogen-bond acceptors (Lipinski definition) is 3. The number of rotatable bonds is 3. The molecule has 19 heavy (non-hydrogen) atoms. The average molecular weight is 255 g/mol. The second kappa shape index (κ2) is 4.36. The van der Waals surface area contributed by atoms with Crippen LogP contribution in [0.15, 0.2) is 18.2 Å². The zero-order valence-corrected chi connectivity index (χ0v) is 11.0. The maximum absolute atomic E-state index is 11.4. The topological polar surface area (TPSA) is 64.9 Å². The standard InChI is InChI=1S/C15H17N3O/c1-17-14(15(9-16)5-2-6-15)10-3-4-12-11(7-10)8-13(19)18-12/h3-4,7,14,17H,2,5-6,8H2,1H3,(H,18,19). The normalized spacial score (nSPS) is 20.9. The number of benzene rings is 1. The largest absolute Gasteiger partial charge is 0.326 e. The Balaban J connectivity index is 1.95. The summed E-state index contributed by atoms with van der Waals surface area (Å²) >= 11 is 0. The van der Waals surface area contributed by atoms with E-state index in [4.69, 9.17) is 0 Å². The minimum atomic E-state index is -0.279. The molecule has 98 valence electrons. The molecule has 2 aliphatic rings. The van der Waals surface area contributed by atoms with Crippen molar-refractivity contribution in [2.45, 2.75) is 31.7 Å². The molecule has 1 aliphatic carbocycles. The number of anilines is 1. The number of fused-ring (bicyclic) bond motifs is 1. The van der Waals surface area contributed by atoms with Crippen molar-refractivity contribution in [1.29, 1.82) is 5.26 Å². The van der Waals surface area contributed by atoms with Gasteiger partial charge in [-0.05, 0) is 37.1 Å². The first-order valence-corrected chi connectivity index (χ1v) is 6.70. The lowest BCUT2D eigenvalue weighted by atomic mass is 9.63. The zero-order chi connectivity index (χ0) is 13.5. The lowest BCUT2D eigenvalue weighted by Crippen LogP contribution is -2.40. The number of hydrogen-bond donors (Lipinski definition) is 2. The van der Waals surface area contributed by atoms with Crippen molar-refractivity contribution in [3.8, 4) is 6.07 Å². The summed E-state index contributed by atoms with van der Waals surface area (Å²) in [5, 5.41) is 15.6. The highest BCUT2D eigenvalue weighted by Gasteiger charge is 2.44. The smallest absolute Gasteiger partial charge is 0.228 e. The van der Waals surface area contributed by atoms with Crippen molar-refractivity contribution in [1.82, 2.24) is 5.32 Å². The summed E-state index contributed by atoms with van der Waals surface area (Å²) in [5.74, 6) is 0.0480. The summed E-state index contributed by atoms with van der Waals surface area (Å²) in [6, 6.07) is 8.57. The second-order valence-electron chi connectivity index (χ2n) is 5.48. The van der Waals surface area contributed by atoms with Gasteiger partial charge in [-0.1, -0.05) is 18.6 Å². The molecule has 1 unspecified atom stereocenters. The number of carbonyl (C=O) groups excluding carboxylic acids is 1. The summed E-state index contributed by atoms with van der Waals surface area (Å²) in [5.41, 5.74) is 2.77. The Labute approximate surface area is 112 Å². The van der Waals surface area contributed by atoms with Crippen LogP contribution in [-0.2, 0) is 11.2 Å². The molecule has 4 nitrogen and oxygen atoms in total. The molecule has 1 aliphatic heterocycles. The van der Waals surface area contributed by atoms with E-state index in [0.717, 1.165) is 36.1 Å². The Morgan fingerprint density at radius 1 is 1.47 bits per heavy atom. The van der Waals surface area contributed by atoms with Crippen LogP contribution in [0.4, 0.5) is 5.69 Å². The van der Waals surface area contributed by atoms with Gasteiger partial charge in [0, 0.05) is 5.69 Å². The van der Waals surface area contributed by atoms with E-state index in [0.29, 0.717) is 6.42 Å². The maximum Gasteiger partial charge on any atom is 0.228 e. The van der Waals surface area contributed by atoms with Gasteiger partial charge in [0.1, 0.15) is 0 Å². The van der Waals surface area contributed by atoms with Crippen LogP contribution in [0, 0.1) is 16.7 Å². The molecule has 3 rings (SSSR count). The lowest BCUT2D eigenvalue weighted by molar-refractivity contribution is -0.115. The van der Waals surface area contributed by atoms with Crippen molar-refractivity contribution in [3.63, 3.8) is 0 Å². The Kier molecular flexibility index (Phi) is 2.79. The van der Waals surface area contributed by atoms with E-state index in [9.17, 15) is 10.1 Å². The van der Waals surface area contributed by atoms with Gasteiger partial charge in [0.25, 0.3) is 0 Å². The molecular weight excluding hydrogens is 238 g/mol. The van der Waals surface area contributed by atoms with Gasteiger partial charge in [0.2, 0.25) is 5.91 Å². The lowest BCUT2D eigenvalue weighted by Gasteiger charge is -2.42. The molecule has 0 spiro atoms. The van der Waals surface area contributed by atoms with Crippen LogP contribution >= 0.6 is 0 Å². The summed E-state index contributed by atoms with van der Waals surface area (Å²) < 4.78 is 0. The summed E-state index contributed by atoms with van der Waals surface area (Å²) in [6.45, 7) is 0. The molecule has 0 bridgehead atoms. The fourth-order valence-corrected chi connectivity index (χ4v) is 3.21. The van der Waals surface area contributed by atoms with E-state index < -0.39 is 0 Å². The predicted molar refractivity (Wildman–Crippen MR) is 72.5 cm³/mol. The Morgan fingerprint density at radius 3 is 2.84 bits per heavy atom. The Morgan fingerprint density at radius 2 is 2.26 bits per heavy atom. The molecule has 1 aromatic rings. The Bertz CT molecular complexity index is 569. The third kappa shape index (κ3) is 1.82. The maximum atomic E-state index is 11.4. The zero-order valence-electron chi connectivity index (χ0n) is 11.0. The summed E-state index contributed by atoms with van der Waals surface area (Å²) in [4.78, 5) is 11.4. The van der Waals surface area contributed by atoms with Gasteiger partial charge >= 0.3 is 0 Å². The fourth-order valence-electron chi connectivity index (χ4n) is 3.21. The molecule has 0 saturated heterocycles. The number of amides is 1.